The molecule has 0 fully saturated rings. The molecule has 0 bridgehead atoms. The fourth-order valence-corrected chi connectivity index (χ4v) is 2.77. The highest BCUT2D eigenvalue weighted by molar-refractivity contribution is 6.30. The molecular weight excluding hydrogens is 326 g/mol. The molecule has 0 unspecified atom stereocenters. The molecule has 0 atom stereocenters. The zero-order valence-corrected chi connectivity index (χ0v) is 14.1. The molecule has 5 nitrogen and oxygen atoms in total. The first-order valence-electron chi connectivity index (χ1n) is 7.44. The van der Waals surface area contributed by atoms with E-state index in [0.29, 0.717) is 22.8 Å². The summed E-state index contributed by atoms with van der Waals surface area (Å²) < 4.78 is 1.62. The highest BCUT2D eigenvalue weighted by Crippen LogP contribution is 2.25. The lowest BCUT2D eigenvalue weighted by molar-refractivity contribution is 0.0691. The summed E-state index contributed by atoms with van der Waals surface area (Å²) in [5, 5.41) is 17.9. The van der Waals surface area contributed by atoms with Gasteiger partial charge in [0, 0.05) is 10.6 Å². The average Bonchev–Trinajstić information content (AvgIpc) is 2.95. The fourth-order valence-electron chi connectivity index (χ4n) is 2.65. The molecule has 3 aromatic rings. The number of aromatic carboxylic acids is 1. The Hall–Kier alpha value is -2.66. The zero-order valence-electron chi connectivity index (χ0n) is 13.3. The monoisotopic (exact) mass is 341 g/mol. The Bertz CT molecular complexity index is 901. The maximum absolute atomic E-state index is 11.5. The summed E-state index contributed by atoms with van der Waals surface area (Å²) in [6.45, 7) is 4.51. The number of hydrogen-bond acceptors (Lipinski definition) is 3. The number of hydrogen-bond donors (Lipinski definition) is 1. The summed E-state index contributed by atoms with van der Waals surface area (Å²) in [7, 11) is 0. The van der Waals surface area contributed by atoms with E-state index in [1.165, 1.54) is 5.56 Å². The van der Waals surface area contributed by atoms with Crippen LogP contribution in [0.2, 0.25) is 5.02 Å². The number of aryl methyl sites for hydroxylation is 2. The van der Waals surface area contributed by atoms with Gasteiger partial charge in [0.15, 0.2) is 5.69 Å². The van der Waals surface area contributed by atoms with Crippen molar-refractivity contribution in [2.45, 2.75) is 20.4 Å². The van der Waals surface area contributed by atoms with Crippen LogP contribution >= 0.6 is 11.6 Å². The number of nitrogens with zero attached hydrogens (tertiary/aromatic N) is 3. The van der Waals surface area contributed by atoms with Gasteiger partial charge in [0.2, 0.25) is 0 Å². The van der Waals surface area contributed by atoms with Crippen molar-refractivity contribution >= 4 is 17.6 Å². The van der Waals surface area contributed by atoms with Gasteiger partial charge < -0.3 is 5.11 Å². The van der Waals surface area contributed by atoms with E-state index in [0.717, 1.165) is 11.1 Å². The van der Waals surface area contributed by atoms with E-state index < -0.39 is 5.97 Å². The first-order valence-corrected chi connectivity index (χ1v) is 7.82. The summed E-state index contributed by atoms with van der Waals surface area (Å²) in [6.07, 6.45) is 0. The number of halogens is 1. The molecule has 0 amide bonds. The Morgan fingerprint density at radius 2 is 1.88 bits per heavy atom. The average molecular weight is 342 g/mol. The number of carboxylic acid groups (broad SMARTS) is 1. The number of carboxylic acids is 1. The Labute approximate surface area is 144 Å². The molecule has 1 N–H and O–H groups in total. The predicted octanol–water partition coefficient (Wildman–Crippen LogP) is 3.96. The van der Waals surface area contributed by atoms with Crippen molar-refractivity contribution in [2.24, 2.45) is 0 Å². The fraction of sp³-hybridized carbons (Fsp3) is 0.167. The molecule has 3 rings (SSSR count). The van der Waals surface area contributed by atoms with Crippen molar-refractivity contribution in [2.75, 3.05) is 0 Å². The van der Waals surface area contributed by atoms with Gasteiger partial charge in [0.1, 0.15) is 5.69 Å². The lowest BCUT2D eigenvalue weighted by Crippen LogP contribution is -2.07. The lowest BCUT2D eigenvalue weighted by Gasteiger charge is -2.10. The van der Waals surface area contributed by atoms with Gasteiger partial charge in [0.25, 0.3) is 0 Å². The van der Waals surface area contributed by atoms with Crippen molar-refractivity contribution in [3.63, 3.8) is 0 Å². The van der Waals surface area contributed by atoms with Gasteiger partial charge in [-0.25, -0.2) is 9.48 Å². The van der Waals surface area contributed by atoms with Crippen LogP contribution in [0.4, 0.5) is 0 Å². The molecule has 1 aromatic heterocycles. The van der Waals surface area contributed by atoms with Gasteiger partial charge in [-0.2, -0.15) is 0 Å². The number of benzene rings is 2. The summed E-state index contributed by atoms with van der Waals surface area (Å²) in [5.74, 6) is -1.10. The van der Waals surface area contributed by atoms with Crippen LogP contribution in [-0.4, -0.2) is 26.1 Å². The van der Waals surface area contributed by atoms with Crippen LogP contribution in [-0.2, 0) is 6.54 Å². The molecule has 24 heavy (non-hydrogen) atoms. The van der Waals surface area contributed by atoms with Gasteiger partial charge in [-0.05, 0) is 37.1 Å². The minimum absolute atomic E-state index is 0.0675. The first kappa shape index (κ1) is 16.2. The molecular formula is C18H16ClN3O2. The van der Waals surface area contributed by atoms with E-state index in [1.54, 1.807) is 28.9 Å². The van der Waals surface area contributed by atoms with E-state index >= 15 is 0 Å². The van der Waals surface area contributed by atoms with Crippen LogP contribution in [0.25, 0.3) is 11.3 Å². The highest BCUT2D eigenvalue weighted by Gasteiger charge is 2.21. The van der Waals surface area contributed by atoms with E-state index in [9.17, 15) is 9.90 Å². The Morgan fingerprint density at radius 3 is 2.50 bits per heavy atom. The third-order valence-electron chi connectivity index (χ3n) is 3.87. The SMILES string of the molecule is Cc1ccc(Cn2nnc(C(=O)O)c2-c2ccc(Cl)cc2)c(C)c1. The van der Waals surface area contributed by atoms with E-state index in [2.05, 4.69) is 16.4 Å². The highest BCUT2D eigenvalue weighted by atomic mass is 35.5. The van der Waals surface area contributed by atoms with Crippen molar-refractivity contribution in [3.05, 3.63) is 69.9 Å². The molecule has 0 aliphatic heterocycles. The smallest absolute Gasteiger partial charge is 0.358 e. The number of aromatic nitrogens is 3. The lowest BCUT2D eigenvalue weighted by atomic mass is 10.1. The van der Waals surface area contributed by atoms with Crippen LogP contribution in [0.5, 0.6) is 0 Å². The Morgan fingerprint density at radius 1 is 1.17 bits per heavy atom. The molecule has 1 heterocycles. The topological polar surface area (TPSA) is 68.0 Å². The molecule has 0 radical (unpaired) electrons. The standard InChI is InChI=1S/C18H16ClN3O2/c1-11-3-4-14(12(2)9-11)10-22-17(16(18(23)24)20-21-22)13-5-7-15(19)8-6-13/h3-9H,10H2,1-2H3,(H,23,24). The predicted molar refractivity (Wildman–Crippen MR) is 92.4 cm³/mol. The molecule has 0 saturated heterocycles. The Kier molecular flexibility index (Phi) is 4.36. The molecule has 0 saturated carbocycles. The first-order chi connectivity index (χ1) is 11.5. The minimum atomic E-state index is -1.10. The van der Waals surface area contributed by atoms with Gasteiger partial charge in [-0.1, -0.05) is 52.7 Å². The van der Waals surface area contributed by atoms with E-state index in [4.69, 9.17) is 11.6 Å². The maximum Gasteiger partial charge on any atom is 0.358 e. The third kappa shape index (κ3) is 3.16. The maximum atomic E-state index is 11.5. The second-order valence-electron chi connectivity index (χ2n) is 5.69. The largest absolute Gasteiger partial charge is 0.476 e. The van der Waals surface area contributed by atoms with Gasteiger partial charge in [-0.15, -0.1) is 5.10 Å². The second kappa shape index (κ2) is 6.45. The molecule has 0 spiro atoms. The summed E-state index contributed by atoms with van der Waals surface area (Å²) in [5.41, 5.74) is 4.49. The van der Waals surface area contributed by atoms with Crippen molar-refractivity contribution in [3.8, 4) is 11.3 Å². The van der Waals surface area contributed by atoms with Gasteiger partial charge in [0.05, 0.1) is 6.54 Å². The van der Waals surface area contributed by atoms with Crippen LogP contribution in [0.15, 0.2) is 42.5 Å². The van der Waals surface area contributed by atoms with Crippen LogP contribution in [0, 0.1) is 13.8 Å². The molecule has 6 heteroatoms. The molecule has 0 aliphatic rings. The number of carbonyl (C=O) groups is 1. The normalized spacial score (nSPS) is 10.8. The second-order valence-corrected chi connectivity index (χ2v) is 6.12. The molecule has 122 valence electrons. The van der Waals surface area contributed by atoms with Crippen LogP contribution in [0.3, 0.4) is 0 Å². The summed E-state index contributed by atoms with van der Waals surface area (Å²) >= 11 is 5.93. The molecule has 2 aromatic carbocycles. The van der Waals surface area contributed by atoms with Crippen LogP contribution < -0.4 is 0 Å². The van der Waals surface area contributed by atoms with Crippen LogP contribution in [0.1, 0.15) is 27.2 Å². The minimum Gasteiger partial charge on any atom is -0.476 e. The van der Waals surface area contributed by atoms with Crippen molar-refractivity contribution in [1.29, 1.82) is 0 Å². The third-order valence-corrected chi connectivity index (χ3v) is 4.13. The number of rotatable bonds is 4. The molecule has 0 aliphatic carbocycles. The van der Waals surface area contributed by atoms with E-state index in [1.807, 2.05) is 26.0 Å². The quantitative estimate of drug-likeness (QED) is 0.779. The Balaban J connectivity index is 2.08. The van der Waals surface area contributed by atoms with Gasteiger partial charge in [-0.3, -0.25) is 0 Å². The summed E-state index contributed by atoms with van der Waals surface area (Å²) in [4.78, 5) is 11.5. The van der Waals surface area contributed by atoms with Gasteiger partial charge >= 0.3 is 5.97 Å². The van der Waals surface area contributed by atoms with Crippen molar-refractivity contribution in [1.82, 2.24) is 15.0 Å². The zero-order chi connectivity index (χ0) is 17.3. The van der Waals surface area contributed by atoms with Crippen molar-refractivity contribution < 1.29 is 9.90 Å². The summed E-state index contributed by atoms with van der Waals surface area (Å²) in [6, 6.07) is 13.1. The van der Waals surface area contributed by atoms with E-state index in [-0.39, 0.29) is 5.69 Å².